The van der Waals surface area contributed by atoms with Crippen molar-refractivity contribution >= 4 is 11.9 Å². The molecule has 0 spiro atoms. The van der Waals surface area contributed by atoms with Gasteiger partial charge in [0.05, 0.1) is 13.0 Å². The van der Waals surface area contributed by atoms with Gasteiger partial charge < -0.3 is 15.2 Å². The van der Waals surface area contributed by atoms with E-state index in [0.717, 1.165) is 7.11 Å². The Bertz CT molecular complexity index is 254. The largest absolute Gasteiger partial charge is 0.479 e. The molecular weight excluding hydrogens is 231 g/mol. The van der Waals surface area contributed by atoms with Crippen LogP contribution in [0.5, 0.6) is 0 Å². The second-order valence-electron chi connectivity index (χ2n) is 2.98. The van der Waals surface area contributed by atoms with Gasteiger partial charge in [-0.2, -0.15) is 13.2 Å². The summed E-state index contributed by atoms with van der Waals surface area (Å²) < 4.78 is 39.6. The van der Waals surface area contributed by atoms with Crippen LogP contribution in [0, 0.1) is 0 Å². The van der Waals surface area contributed by atoms with E-state index in [2.05, 4.69) is 4.74 Å². The third kappa shape index (κ3) is 7.04. The van der Waals surface area contributed by atoms with Gasteiger partial charge in [0.25, 0.3) is 0 Å². The number of carboxylic acid groups (broad SMARTS) is 1. The van der Waals surface area contributed by atoms with Crippen LogP contribution in [0.15, 0.2) is 0 Å². The molecule has 0 saturated heterocycles. The van der Waals surface area contributed by atoms with Crippen molar-refractivity contribution in [2.24, 2.45) is 0 Å². The zero-order chi connectivity index (χ0) is 12.8. The minimum absolute atomic E-state index is 0.359. The average Bonchev–Trinajstić information content (AvgIpc) is 2.14. The van der Waals surface area contributed by atoms with Crippen molar-refractivity contribution in [2.45, 2.75) is 25.1 Å². The minimum atomic E-state index is -4.40. The number of rotatable bonds is 6. The van der Waals surface area contributed by atoms with Gasteiger partial charge in [-0.25, -0.2) is 4.79 Å². The zero-order valence-electron chi connectivity index (χ0n) is 8.50. The van der Waals surface area contributed by atoms with Crippen LogP contribution in [0.3, 0.4) is 0 Å². The lowest BCUT2D eigenvalue weighted by Crippen LogP contribution is -2.38. The first-order chi connectivity index (χ1) is 7.26. The molecule has 94 valence electrons. The molecule has 2 N–H and O–H groups in total. The van der Waals surface area contributed by atoms with Crippen molar-refractivity contribution < 1.29 is 32.6 Å². The van der Waals surface area contributed by atoms with Gasteiger partial charge >= 0.3 is 12.1 Å². The van der Waals surface area contributed by atoms with Crippen molar-refractivity contribution in [1.82, 2.24) is 5.32 Å². The van der Waals surface area contributed by atoms with Crippen molar-refractivity contribution in [3.63, 3.8) is 0 Å². The number of aliphatic carboxylic acids is 1. The Labute approximate surface area is 89.6 Å². The van der Waals surface area contributed by atoms with Gasteiger partial charge in [0.1, 0.15) is 0 Å². The second-order valence-corrected chi connectivity index (χ2v) is 2.98. The minimum Gasteiger partial charge on any atom is -0.479 e. The summed E-state index contributed by atoms with van der Waals surface area (Å²) in [6, 6.07) is 0. The fraction of sp³-hybridized carbons (Fsp3) is 0.750. The summed E-state index contributed by atoms with van der Waals surface area (Å²) in [5, 5.41) is 10.5. The summed E-state index contributed by atoms with van der Waals surface area (Å²) in [6.07, 6.45) is -7.61. The van der Waals surface area contributed by atoms with Gasteiger partial charge in [-0.05, 0) is 0 Å². The summed E-state index contributed by atoms with van der Waals surface area (Å²) in [5.74, 6) is -2.15. The van der Waals surface area contributed by atoms with Gasteiger partial charge in [-0.3, -0.25) is 4.79 Å². The van der Waals surface area contributed by atoms with E-state index < -0.39 is 37.0 Å². The van der Waals surface area contributed by atoms with Crippen LogP contribution in [-0.2, 0) is 14.3 Å². The molecule has 5 nitrogen and oxygen atoms in total. The number of carboxylic acids is 1. The molecule has 0 bridgehead atoms. The molecule has 1 unspecified atom stereocenters. The Balaban J connectivity index is 3.85. The lowest BCUT2D eigenvalue weighted by Gasteiger charge is -2.11. The molecule has 0 aliphatic carbocycles. The number of ether oxygens (including phenoxy) is 1. The van der Waals surface area contributed by atoms with Crippen LogP contribution in [-0.4, -0.2) is 42.9 Å². The predicted molar refractivity (Wildman–Crippen MR) is 46.7 cm³/mol. The SMILES string of the molecule is COC(CNC(=O)CCC(F)(F)F)C(=O)O. The summed E-state index contributed by atoms with van der Waals surface area (Å²) in [5.41, 5.74) is 0. The van der Waals surface area contributed by atoms with Crippen molar-refractivity contribution in [1.29, 1.82) is 0 Å². The maximum absolute atomic E-state index is 11.7. The van der Waals surface area contributed by atoms with Crippen LogP contribution in [0.2, 0.25) is 0 Å². The quantitative estimate of drug-likeness (QED) is 0.714. The van der Waals surface area contributed by atoms with E-state index in [1.54, 1.807) is 0 Å². The van der Waals surface area contributed by atoms with Crippen molar-refractivity contribution in [3.05, 3.63) is 0 Å². The fourth-order valence-electron chi connectivity index (χ4n) is 0.822. The highest BCUT2D eigenvalue weighted by Gasteiger charge is 2.28. The smallest absolute Gasteiger partial charge is 0.389 e. The van der Waals surface area contributed by atoms with E-state index >= 15 is 0 Å². The number of amides is 1. The van der Waals surface area contributed by atoms with E-state index in [-0.39, 0.29) is 6.54 Å². The van der Waals surface area contributed by atoms with Crippen LogP contribution >= 0.6 is 0 Å². The van der Waals surface area contributed by atoms with E-state index in [0.29, 0.717) is 0 Å². The Morgan fingerprint density at radius 3 is 2.38 bits per heavy atom. The molecule has 0 aromatic carbocycles. The van der Waals surface area contributed by atoms with Crippen LogP contribution in [0.4, 0.5) is 13.2 Å². The molecule has 0 rings (SSSR count). The molecule has 16 heavy (non-hydrogen) atoms. The zero-order valence-corrected chi connectivity index (χ0v) is 8.50. The molecule has 0 saturated carbocycles. The van der Waals surface area contributed by atoms with Crippen LogP contribution in [0.1, 0.15) is 12.8 Å². The van der Waals surface area contributed by atoms with Gasteiger partial charge in [0.15, 0.2) is 6.10 Å². The molecule has 0 radical (unpaired) electrons. The normalized spacial score (nSPS) is 13.2. The summed E-state index contributed by atoms with van der Waals surface area (Å²) in [6.45, 7) is -0.359. The monoisotopic (exact) mass is 243 g/mol. The number of halogens is 3. The lowest BCUT2D eigenvalue weighted by molar-refractivity contribution is -0.149. The molecule has 8 heteroatoms. The number of alkyl halides is 3. The lowest BCUT2D eigenvalue weighted by atomic mass is 10.3. The second kappa shape index (κ2) is 6.31. The summed E-state index contributed by atoms with van der Waals surface area (Å²) >= 11 is 0. The van der Waals surface area contributed by atoms with Crippen molar-refractivity contribution in [2.75, 3.05) is 13.7 Å². The Kier molecular flexibility index (Phi) is 5.79. The average molecular weight is 243 g/mol. The third-order valence-electron chi connectivity index (χ3n) is 1.68. The number of hydrogen-bond donors (Lipinski definition) is 2. The number of carbonyl (C=O) groups is 2. The van der Waals surface area contributed by atoms with E-state index in [1.165, 1.54) is 0 Å². The number of methoxy groups -OCH3 is 1. The topological polar surface area (TPSA) is 75.6 Å². The number of hydrogen-bond acceptors (Lipinski definition) is 3. The van der Waals surface area contributed by atoms with Gasteiger partial charge in [-0.15, -0.1) is 0 Å². The maximum atomic E-state index is 11.7. The highest BCUT2D eigenvalue weighted by Crippen LogP contribution is 2.20. The summed E-state index contributed by atoms with van der Waals surface area (Å²) in [4.78, 5) is 21.3. The van der Waals surface area contributed by atoms with Crippen LogP contribution < -0.4 is 5.32 Å². The molecular formula is C8H12F3NO4. The first kappa shape index (κ1) is 14.7. The number of nitrogens with one attached hydrogen (secondary N) is 1. The van der Waals surface area contributed by atoms with E-state index in [4.69, 9.17) is 5.11 Å². The molecule has 0 aliphatic heterocycles. The van der Waals surface area contributed by atoms with E-state index in [9.17, 15) is 22.8 Å². The Morgan fingerprint density at radius 2 is 2.00 bits per heavy atom. The highest BCUT2D eigenvalue weighted by atomic mass is 19.4. The van der Waals surface area contributed by atoms with Gasteiger partial charge in [-0.1, -0.05) is 0 Å². The Morgan fingerprint density at radius 1 is 1.44 bits per heavy atom. The fourth-order valence-corrected chi connectivity index (χ4v) is 0.822. The summed E-state index contributed by atoms with van der Waals surface area (Å²) in [7, 11) is 1.13. The van der Waals surface area contributed by atoms with Crippen molar-refractivity contribution in [3.8, 4) is 0 Å². The van der Waals surface area contributed by atoms with E-state index in [1.807, 2.05) is 5.32 Å². The van der Waals surface area contributed by atoms with Gasteiger partial charge in [0.2, 0.25) is 5.91 Å². The highest BCUT2D eigenvalue weighted by molar-refractivity contribution is 5.78. The van der Waals surface area contributed by atoms with Gasteiger partial charge in [0, 0.05) is 13.5 Å². The predicted octanol–water partition coefficient (Wildman–Crippen LogP) is 0.545. The molecule has 0 heterocycles. The molecule has 0 aromatic heterocycles. The van der Waals surface area contributed by atoms with Crippen LogP contribution in [0.25, 0.3) is 0 Å². The maximum Gasteiger partial charge on any atom is 0.389 e. The Hall–Kier alpha value is -1.31. The first-order valence-corrected chi connectivity index (χ1v) is 4.35. The first-order valence-electron chi connectivity index (χ1n) is 4.35. The molecule has 0 aromatic rings. The molecule has 0 fully saturated rings. The molecule has 1 atom stereocenters. The standard InChI is InChI=1S/C8H12F3NO4/c1-16-5(7(14)15)4-12-6(13)2-3-8(9,10)11/h5H,2-4H2,1H3,(H,12,13)(H,14,15). The third-order valence-corrected chi connectivity index (χ3v) is 1.68. The number of carbonyl (C=O) groups excluding carboxylic acids is 1. The molecule has 1 amide bonds. The molecule has 0 aliphatic rings.